The van der Waals surface area contributed by atoms with Gasteiger partial charge < -0.3 is 51.0 Å². The van der Waals surface area contributed by atoms with Crippen molar-refractivity contribution in [1.29, 1.82) is 0 Å². The van der Waals surface area contributed by atoms with Gasteiger partial charge in [-0.3, -0.25) is 19.6 Å². The molecule has 6 amide bonds. The van der Waals surface area contributed by atoms with Gasteiger partial charge >= 0.3 is 12.1 Å². The van der Waals surface area contributed by atoms with E-state index in [1.807, 2.05) is 40.0 Å². The van der Waals surface area contributed by atoms with E-state index in [1.165, 1.54) is 12.4 Å². The van der Waals surface area contributed by atoms with Crippen LogP contribution in [-0.2, 0) is 0 Å². The van der Waals surface area contributed by atoms with E-state index in [0.717, 1.165) is 23.6 Å². The summed E-state index contributed by atoms with van der Waals surface area (Å²) in [6, 6.07) is 31.1. The molecule has 69 heavy (non-hydrogen) atoms. The number of benzene rings is 4. The van der Waals surface area contributed by atoms with Gasteiger partial charge in [0, 0.05) is 70.4 Å². The van der Waals surface area contributed by atoms with Crippen LogP contribution in [0.4, 0.5) is 32.3 Å². The number of nitrogens with one attached hydrogen (secondary N) is 6. The van der Waals surface area contributed by atoms with Crippen LogP contribution < -0.4 is 41.4 Å². The number of carbonyl (C=O) groups excluding carboxylic acids is 4. The highest BCUT2D eigenvalue weighted by Crippen LogP contribution is 2.26. The van der Waals surface area contributed by atoms with E-state index < -0.39 is 16.6 Å². The van der Waals surface area contributed by atoms with E-state index in [1.54, 1.807) is 109 Å². The third kappa shape index (κ3) is 19.0. The second kappa shape index (κ2) is 25.0. The maximum absolute atomic E-state index is 12.4. The second-order valence-electron chi connectivity index (χ2n) is 17.1. The zero-order valence-electron chi connectivity index (χ0n) is 39.1. The van der Waals surface area contributed by atoms with Gasteiger partial charge in [-0.05, 0) is 167 Å². The van der Waals surface area contributed by atoms with Crippen LogP contribution in [0.2, 0.25) is 48.3 Å². The molecule has 0 aliphatic carbocycles. The van der Waals surface area contributed by atoms with Crippen LogP contribution in [0.15, 0.2) is 122 Å². The normalized spacial score (nSPS) is 11.0. The van der Waals surface area contributed by atoms with Crippen molar-refractivity contribution in [2.24, 2.45) is 0 Å². The molecular formula is C49H56Cl2N8O8Si2. The Kier molecular flexibility index (Phi) is 19.3. The molecule has 0 spiro atoms. The number of amides is 6. The van der Waals surface area contributed by atoms with Gasteiger partial charge in [-0.15, -0.1) is 0 Å². The molecule has 0 aliphatic heterocycles. The Bertz CT molecular complexity index is 2720. The third-order valence-electron chi connectivity index (χ3n) is 9.73. The summed E-state index contributed by atoms with van der Waals surface area (Å²) < 4.78 is 11.6. The molecule has 2 aromatic heterocycles. The van der Waals surface area contributed by atoms with Crippen molar-refractivity contribution in [3.05, 3.63) is 154 Å². The Morgan fingerprint density at radius 3 is 1.28 bits per heavy atom. The monoisotopic (exact) mass is 1010 g/mol. The van der Waals surface area contributed by atoms with Crippen molar-refractivity contribution in [3.8, 4) is 23.0 Å². The summed E-state index contributed by atoms with van der Waals surface area (Å²) in [5.41, 5.74) is 4.66. The van der Waals surface area contributed by atoms with Crippen LogP contribution in [0.3, 0.4) is 0 Å². The molecule has 0 saturated carbocycles. The number of hydrogen-bond acceptors (Lipinski definition) is 10. The average Bonchev–Trinajstić information content (AvgIpc) is 3.28. The highest BCUT2D eigenvalue weighted by molar-refractivity contribution is 6.70. The largest absolute Gasteiger partial charge is 0.457 e. The van der Waals surface area contributed by atoms with Crippen molar-refractivity contribution >= 4 is 86.5 Å². The summed E-state index contributed by atoms with van der Waals surface area (Å²) in [7, 11) is -4.34. The van der Waals surface area contributed by atoms with Crippen LogP contribution in [-0.4, -0.2) is 73.2 Å². The first-order valence-corrected chi connectivity index (χ1v) is 28.9. The topological polar surface area (TPSA) is 225 Å². The van der Waals surface area contributed by atoms with Gasteiger partial charge in [0.1, 0.15) is 34.4 Å². The van der Waals surface area contributed by atoms with Crippen molar-refractivity contribution < 1.29 is 38.2 Å². The van der Waals surface area contributed by atoms with Crippen LogP contribution in [0.5, 0.6) is 23.0 Å². The number of urea groups is 2. The number of nitrogens with zero attached hydrogens (tertiary/aromatic N) is 2. The molecule has 0 aliphatic rings. The fraction of sp³-hybridized carbons (Fsp3) is 0.224. The summed E-state index contributed by atoms with van der Waals surface area (Å²) >= 11 is 12.0. The predicted molar refractivity (Wildman–Crippen MR) is 277 cm³/mol. The summed E-state index contributed by atoms with van der Waals surface area (Å²) in [6.45, 7) is 12.0. The Balaban J connectivity index is 0.000000258. The average molecular weight is 1010 g/mol. The van der Waals surface area contributed by atoms with Crippen LogP contribution >= 0.6 is 23.2 Å². The second-order valence-corrected chi connectivity index (χ2v) is 26.1. The minimum absolute atomic E-state index is 0.224. The number of aromatic nitrogens is 2. The lowest BCUT2D eigenvalue weighted by Gasteiger charge is -2.14. The van der Waals surface area contributed by atoms with Crippen molar-refractivity contribution in [2.45, 2.75) is 58.5 Å². The van der Waals surface area contributed by atoms with E-state index in [4.69, 9.17) is 32.7 Å². The summed E-state index contributed by atoms with van der Waals surface area (Å²) in [5, 5.41) is 17.9. The highest BCUT2D eigenvalue weighted by Gasteiger charge is 2.18. The van der Waals surface area contributed by atoms with E-state index in [9.17, 15) is 28.8 Å². The summed E-state index contributed by atoms with van der Waals surface area (Å²) in [4.78, 5) is 77.1. The lowest BCUT2D eigenvalue weighted by molar-refractivity contribution is 0.0941. The lowest BCUT2D eigenvalue weighted by atomic mass is 10.2. The fourth-order valence-electron chi connectivity index (χ4n) is 6.10. The van der Waals surface area contributed by atoms with Gasteiger partial charge in [0.2, 0.25) is 0 Å². The van der Waals surface area contributed by atoms with Crippen molar-refractivity contribution in [3.63, 3.8) is 0 Å². The Hall–Kier alpha value is -6.81. The Morgan fingerprint density at radius 1 is 0.507 bits per heavy atom. The molecule has 4 aromatic carbocycles. The molecule has 20 heteroatoms. The molecule has 0 saturated heterocycles. The van der Waals surface area contributed by atoms with Crippen LogP contribution in [0, 0.1) is 13.8 Å². The van der Waals surface area contributed by atoms with Crippen molar-refractivity contribution in [2.75, 3.05) is 34.4 Å². The first-order chi connectivity index (χ1) is 32.7. The minimum Gasteiger partial charge on any atom is -0.457 e. The molecule has 2 heterocycles. The van der Waals surface area contributed by atoms with E-state index in [-0.39, 0.29) is 35.3 Å². The Morgan fingerprint density at radius 2 is 0.884 bits per heavy atom. The number of rotatable bonds is 17. The molecule has 0 fully saturated rings. The van der Waals surface area contributed by atoms with Gasteiger partial charge in [0.15, 0.2) is 16.6 Å². The molecule has 6 aromatic rings. The van der Waals surface area contributed by atoms with Gasteiger partial charge in [0.25, 0.3) is 11.8 Å². The highest BCUT2D eigenvalue weighted by atomic mass is 35.5. The number of aryl methyl sites for hydroxylation is 2. The van der Waals surface area contributed by atoms with Gasteiger partial charge in [0.05, 0.1) is 0 Å². The molecule has 0 bridgehead atoms. The third-order valence-corrected chi connectivity index (χ3v) is 13.6. The Labute approximate surface area is 413 Å². The number of anilines is 4. The maximum Gasteiger partial charge on any atom is 0.323 e. The number of ether oxygens (including phenoxy) is 2. The first kappa shape index (κ1) is 53.2. The maximum atomic E-state index is 12.4. The molecule has 0 radical (unpaired) electrons. The zero-order chi connectivity index (χ0) is 50.1. The van der Waals surface area contributed by atoms with Gasteiger partial charge in [-0.2, -0.15) is 0 Å². The van der Waals surface area contributed by atoms with Crippen molar-refractivity contribution in [1.82, 2.24) is 20.6 Å². The molecule has 8 N–H and O–H groups in total. The molecule has 6 rings (SSSR count). The van der Waals surface area contributed by atoms with E-state index in [0.29, 0.717) is 74.9 Å². The zero-order valence-corrected chi connectivity index (χ0v) is 42.6. The minimum atomic E-state index is -2.22. The predicted octanol–water partition coefficient (Wildman–Crippen LogP) is 11.2. The van der Waals surface area contributed by atoms with E-state index >= 15 is 0 Å². The fourth-order valence-corrected chi connectivity index (χ4v) is 8.11. The first-order valence-electron chi connectivity index (χ1n) is 21.9. The molecule has 0 atom stereocenters. The molecule has 0 unspecified atom stereocenters. The van der Waals surface area contributed by atoms with Gasteiger partial charge in [-0.1, -0.05) is 23.2 Å². The van der Waals surface area contributed by atoms with Gasteiger partial charge in [-0.25, -0.2) is 9.59 Å². The van der Waals surface area contributed by atoms with E-state index in [2.05, 4.69) is 41.9 Å². The lowest BCUT2D eigenvalue weighted by Crippen LogP contribution is -2.33. The van der Waals surface area contributed by atoms with Crippen LogP contribution in [0.1, 0.15) is 38.5 Å². The quantitative estimate of drug-likeness (QED) is 0.0319. The molecular weight excluding hydrogens is 956 g/mol. The van der Waals surface area contributed by atoms with Crippen LogP contribution in [0.25, 0.3) is 0 Å². The number of pyridine rings is 2. The number of halogens is 2. The SMILES string of the molecule is Cc1cc(NC(=O)Nc2ccc(Oc3ccnc(C(=O)NCCC[Si](C)(C)O)c3)cc2)ccc1Cl.Cc1cc(NC(=O)Nc2ccc(Oc3ccnc(C(=O)NCC[Si](C)(C)O)c3)cc2)ccc1Cl. The number of carbonyl (C=O) groups is 4. The summed E-state index contributed by atoms with van der Waals surface area (Å²) in [6.07, 6.45) is 3.72. The summed E-state index contributed by atoms with van der Waals surface area (Å²) in [5.74, 6) is 1.36. The molecule has 16 nitrogen and oxygen atoms in total. The standard InChI is InChI=1S/C25H29ClN4O4Si.C24H27ClN4O4Si/c1-17-15-19(7-10-22(17)26)30-25(32)29-18-5-8-20(9-6-18)34-21-11-13-27-23(16-21)24(31)28-12-4-14-35(2,3)33;1-16-14-18(6-9-21(16)25)29-24(31)28-17-4-7-19(8-5-17)33-20-10-11-26-22(15-20)23(30)27-12-13-34(2,3)32/h5-11,13,15-16,33H,4,12,14H2,1-3H3,(H,28,31)(H2,29,30,32);4-11,14-15,32H,12-13H2,1-3H3,(H,27,30)(H2,28,29,31). The number of hydrogen-bond donors (Lipinski definition) is 8. The molecule has 362 valence electrons. The smallest absolute Gasteiger partial charge is 0.323 e.